The number of likely N-dealkylation sites (tertiary alicyclic amines) is 1. The van der Waals surface area contributed by atoms with E-state index < -0.39 is 6.10 Å². The minimum Gasteiger partial charge on any atom is -0.452 e. The molecule has 7 heteroatoms. The maximum absolute atomic E-state index is 12.8. The summed E-state index contributed by atoms with van der Waals surface area (Å²) in [6.07, 6.45) is 4.78. The molecule has 0 saturated carbocycles. The summed E-state index contributed by atoms with van der Waals surface area (Å²) in [7, 11) is 0. The third-order valence-electron chi connectivity index (χ3n) is 6.40. The van der Waals surface area contributed by atoms with Gasteiger partial charge in [0.05, 0.1) is 5.92 Å². The lowest BCUT2D eigenvalue weighted by Gasteiger charge is -2.37. The van der Waals surface area contributed by atoms with Crippen LogP contribution in [0.4, 0.5) is 6.01 Å². The zero-order valence-electron chi connectivity index (χ0n) is 17.9. The molecule has 0 radical (unpaired) electrons. The molecule has 0 bridgehead atoms. The predicted octanol–water partition coefficient (Wildman–Crippen LogP) is 3.77. The third-order valence-corrected chi connectivity index (χ3v) is 6.40. The Morgan fingerprint density at radius 1 is 1.17 bits per heavy atom. The molecule has 7 nitrogen and oxygen atoms in total. The van der Waals surface area contributed by atoms with E-state index >= 15 is 0 Å². The second kappa shape index (κ2) is 9.06. The van der Waals surface area contributed by atoms with E-state index in [1.165, 1.54) is 0 Å². The Bertz CT molecular complexity index is 854. The molecule has 1 amide bonds. The highest BCUT2D eigenvalue weighted by molar-refractivity contribution is 5.84. The number of aromatic nitrogens is 1. The highest BCUT2D eigenvalue weighted by Gasteiger charge is 2.33. The molecule has 30 heavy (non-hydrogen) atoms. The van der Waals surface area contributed by atoms with Crippen molar-refractivity contribution < 1.29 is 18.7 Å². The lowest BCUT2D eigenvalue weighted by Crippen LogP contribution is -2.48. The highest BCUT2D eigenvalue weighted by atomic mass is 16.5. The van der Waals surface area contributed by atoms with Gasteiger partial charge >= 0.3 is 5.97 Å². The minimum absolute atomic E-state index is 0.0567. The first-order valence-electron chi connectivity index (χ1n) is 11.2. The number of piperidine rings is 2. The number of hydrogen-bond donors (Lipinski definition) is 0. The van der Waals surface area contributed by atoms with Crippen molar-refractivity contribution in [3.63, 3.8) is 0 Å². The van der Waals surface area contributed by atoms with E-state index in [0.717, 1.165) is 43.3 Å². The molecule has 1 aromatic heterocycles. The van der Waals surface area contributed by atoms with Gasteiger partial charge in [-0.05, 0) is 57.6 Å². The lowest BCUT2D eigenvalue weighted by atomic mass is 9.97. The second-order valence-corrected chi connectivity index (χ2v) is 8.39. The summed E-state index contributed by atoms with van der Waals surface area (Å²) in [6.45, 7) is 5.94. The molecule has 0 N–H and O–H groups in total. The molecular weight excluding hydrogens is 382 g/mol. The first kappa shape index (κ1) is 20.7. The number of carbonyl (C=O) groups is 2. The Labute approximate surface area is 177 Å². The number of benzene rings is 1. The number of fused-ring (bicyclic) bond motifs is 1. The number of amides is 1. The minimum atomic E-state index is -0.722. The third kappa shape index (κ3) is 4.30. The van der Waals surface area contributed by atoms with Gasteiger partial charge in [-0.3, -0.25) is 9.59 Å². The molecule has 0 spiro atoms. The fourth-order valence-corrected chi connectivity index (χ4v) is 4.57. The molecule has 4 rings (SSSR count). The van der Waals surface area contributed by atoms with Crippen molar-refractivity contribution in [3.8, 4) is 0 Å². The summed E-state index contributed by atoms with van der Waals surface area (Å²) in [6, 6.07) is 8.56. The van der Waals surface area contributed by atoms with E-state index in [1.807, 2.05) is 29.2 Å². The van der Waals surface area contributed by atoms with E-state index in [0.29, 0.717) is 31.9 Å². The number of rotatable bonds is 5. The van der Waals surface area contributed by atoms with Gasteiger partial charge in [0.25, 0.3) is 11.9 Å². The summed E-state index contributed by atoms with van der Waals surface area (Å²) in [5.41, 5.74) is 1.61. The monoisotopic (exact) mass is 413 g/mol. The van der Waals surface area contributed by atoms with Crippen molar-refractivity contribution in [1.82, 2.24) is 9.88 Å². The van der Waals surface area contributed by atoms with E-state index in [2.05, 4.69) is 16.8 Å². The number of para-hydroxylation sites is 2. The predicted molar refractivity (Wildman–Crippen MR) is 114 cm³/mol. The van der Waals surface area contributed by atoms with Crippen molar-refractivity contribution in [3.05, 3.63) is 24.3 Å². The number of hydrogen-bond acceptors (Lipinski definition) is 6. The number of carbonyl (C=O) groups excluding carboxylic acids is 2. The molecule has 2 unspecified atom stereocenters. The average molecular weight is 414 g/mol. The lowest BCUT2D eigenvalue weighted by molar-refractivity contribution is -0.164. The Balaban J connectivity index is 1.30. The molecule has 2 fully saturated rings. The van der Waals surface area contributed by atoms with Crippen LogP contribution in [-0.2, 0) is 14.3 Å². The van der Waals surface area contributed by atoms with Crippen LogP contribution in [0.1, 0.15) is 52.4 Å². The van der Waals surface area contributed by atoms with Crippen LogP contribution in [0.5, 0.6) is 0 Å². The number of oxazole rings is 1. The maximum Gasteiger partial charge on any atom is 0.309 e. The van der Waals surface area contributed by atoms with Gasteiger partial charge in [-0.25, -0.2) is 0 Å². The Morgan fingerprint density at radius 3 is 2.67 bits per heavy atom. The number of ether oxygens (including phenoxy) is 1. The summed E-state index contributed by atoms with van der Waals surface area (Å²) in [4.78, 5) is 34.0. The SMILES string of the molecule is CCC1CCCCN1C(=O)C(C)OC(=O)C1CCN(c2nc3ccccc3o2)CC1. The molecule has 1 aromatic carbocycles. The first-order valence-corrected chi connectivity index (χ1v) is 11.2. The Morgan fingerprint density at radius 2 is 1.93 bits per heavy atom. The Hall–Kier alpha value is -2.57. The molecule has 2 saturated heterocycles. The van der Waals surface area contributed by atoms with Gasteiger partial charge < -0.3 is 19.0 Å². The summed E-state index contributed by atoms with van der Waals surface area (Å²) in [5, 5.41) is 0. The van der Waals surface area contributed by atoms with Gasteiger partial charge in [0.1, 0.15) is 5.52 Å². The molecular formula is C23H31N3O4. The molecule has 3 heterocycles. The van der Waals surface area contributed by atoms with Crippen LogP contribution in [0.2, 0.25) is 0 Å². The smallest absolute Gasteiger partial charge is 0.309 e. The first-order chi connectivity index (χ1) is 14.6. The zero-order chi connectivity index (χ0) is 21.1. The number of anilines is 1. The van der Waals surface area contributed by atoms with Crippen LogP contribution in [0.3, 0.4) is 0 Å². The van der Waals surface area contributed by atoms with Crippen LogP contribution in [-0.4, -0.2) is 53.5 Å². The van der Waals surface area contributed by atoms with Crippen LogP contribution in [0.15, 0.2) is 28.7 Å². The highest BCUT2D eigenvalue weighted by Crippen LogP contribution is 2.27. The number of esters is 1. The van der Waals surface area contributed by atoms with E-state index in [-0.39, 0.29) is 23.8 Å². The van der Waals surface area contributed by atoms with Crippen molar-refractivity contribution in [2.24, 2.45) is 5.92 Å². The topological polar surface area (TPSA) is 75.9 Å². The molecule has 162 valence electrons. The van der Waals surface area contributed by atoms with Crippen molar-refractivity contribution in [2.75, 3.05) is 24.5 Å². The van der Waals surface area contributed by atoms with Crippen LogP contribution < -0.4 is 4.90 Å². The van der Waals surface area contributed by atoms with Gasteiger partial charge in [0.15, 0.2) is 11.7 Å². The molecule has 2 aliphatic heterocycles. The standard InChI is InChI=1S/C23H31N3O4/c1-3-18-8-6-7-13-26(18)21(27)16(2)29-22(28)17-11-14-25(15-12-17)23-24-19-9-4-5-10-20(19)30-23/h4-5,9-10,16-18H,3,6-8,11-15H2,1-2H3. The number of nitrogens with zero attached hydrogens (tertiary/aromatic N) is 3. The normalized spacial score (nSPS) is 21.6. The van der Waals surface area contributed by atoms with Crippen LogP contribution in [0.25, 0.3) is 11.1 Å². The summed E-state index contributed by atoms with van der Waals surface area (Å²) >= 11 is 0. The fourth-order valence-electron chi connectivity index (χ4n) is 4.57. The molecule has 2 atom stereocenters. The molecule has 2 aromatic rings. The van der Waals surface area contributed by atoms with Gasteiger partial charge in [0.2, 0.25) is 0 Å². The van der Waals surface area contributed by atoms with E-state index in [1.54, 1.807) is 6.92 Å². The average Bonchev–Trinajstić information content (AvgIpc) is 3.23. The van der Waals surface area contributed by atoms with Gasteiger partial charge in [-0.2, -0.15) is 4.98 Å². The van der Waals surface area contributed by atoms with Crippen LogP contribution in [0, 0.1) is 5.92 Å². The van der Waals surface area contributed by atoms with Gasteiger partial charge in [0, 0.05) is 25.7 Å². The van der Waals surface area contributed by atoms with E-state index in [9.17, 15) is 9.59 Å². The van der Waals surface area contributed by atoms with E-state index in [4.69, 9.17) is 9.15 Å². The van der Waals surface area contributed by atoms with Crippen molar-refractivity contribution >= 4 is 29.0 Å². The molecule has 0 aliphatic carbocycles. The van der Waals surface area contributed by atoms with Gasteiger partial charge in [-0.15, -0.1) is 0 Å². The largest absolute Gasteiger partial charge is 0.452 e. The van der Waals surface area contributed by atoms with Gasteiger partial charge in [-0.1, -0.05) is 19.1 Å². The fraction of sp³-hybridized carbons (Fsp3) is 0.609. The Kier molecular flexibility index (Phi) is 6.25. The summed E-state index contributed by atoms with van der Waals surface area (Å²) in [5.74, 6) is -0.513. The quantitative estimate of drug-likeness (QED) is 0.695. The maximum atomic E-state index is 12.8. The molecule has 2 aliphatic rings. The summed E-state index contributed by atoms with van der Waals surface area (Å²) < 4.78 is 11.4. The second-order valence-electron chi connectivity index (χ2n) is 8.39. The van der Waals surface area contributed by atoms with Crippen LogP contribution >= 0.6 is 0 Å². The zero-order valence-corrected chi connectivity index (χ0v) is 17.9. The van der Waals surface area contributed by atoms with Crippen molar-refractivity contribution in [2.45, 2.75) is 64.5 Å². The van der Waals surface area contributed by atoms with Crippen molar-refractivity contribution in [1.29, 1.82) is 0 Å².